The highest BCUT2D eigenvalue weighted by Crippen LogP contribution is 2.30. The molecule has 3 aromatic rings. The summed E-state index contributed by atoms with van der Waals surface area (Å²) in [4.78, 5) is 36.6. The molecule has 8 heteroatoms. The zero-order chi connectivity index (χ0) is 27.8. The molecule has 0 radical (unpaired) electrons. The summed E-state index contributed by atoms with van der Waals surface area (Å²) in [5.74, 6) is -2.03. The van der Waals surface area contributed by atoms with E-state index in [0.717, 1.165) is 24.0 Å². The van der Waals surface area contributed by atoms with Crippen molar-refractivity contribution in [3.63, 3.8) is 0 Å². The number of carboxylic acids is 1. The molecule has 1 aliphatic rings. The van der Waals surface area contributed by atoms with E-state index >= 15 is 0 Å². The molecule has 0 heterocycles. The summed E-state index contributed by atoms with van der Waals surface area (Å²) in [5, 5.41) is 15.2. The van der Waals surface area contributed by atoms with Gasteiger partial charge in [0.2, 0.25) is 5.91 Å². The van der Waals surface area contributed by atoms with Gasteiger partial charge in [-0.05, 0) is 84.7 Å². The van der Waals surface area contributed by atoms with Gasteiger partial charge < -0.3 is 15.7 Å². The average molecular weight is 565 g/mol. The molecule has 0 aromatic heterocycles. The van der Waals surface area contributed by atoms with Crippen LogP contribution in [0.1, 0.15) is 65.1 Å². The Kier molecular flexibility index (Phi) is 9.79. The minimum atomic E-state index is -0.974. The number of nitrogens with one attached hydrogen (secondary N) is 2. The molecule has 202 valence electrons. The van der Waals surface area contributed by atoms with Gasteiger partial charge in [-0.3, -0.25) is 14.4 Å². The fourth-order valence-corrected chi connectivity index (χ4v) is 5.19. The SMILES string of the molecule is O=C(O)CCNC(=O)c1ccc(CC(C(=O)Nc2cc(Cl)cc(Cl)c2)c2ccc(C3=CCCCC3)cc2)cc1. The second-order valence-electron chi connectivity index (χ2n) is 9.60. The number of rotatable bonds is 10. The molecule has 1 unspecified atom stereocenters. The van der Waals surface area contributed by atoms with Crippen LogP contribution in [0.25, 0.3) is 5.57 Å². The molecule has 6 nitrogen and oxygen atoms in total. The first-order chi connectivity index (χ1) is 18.8. The fraction of sp³-hybridized carbons (Fsp3) is 0.258. The highest BCUT2D eigenvalue weighted by atomic mass is 35.5. The molecule has 0 spiro atoms. The molecule has 0 saturated heterocycles. The first-order valence-corrected chi connectivity index (χ1v) is 13.7. The Morgan fingerprint density at radius 2 is 1.59 bits per heavy atom. The van der Waals surface area contributed by atoms with E-state index in [9.17, 15) is 14.4 Å². The Bertz CT molecular complexity index is 1350. The number of benzene rings is 3. The number of hydrogen-bond acceptors (Lipinski definition) is 3. The normalized spacial score (nSPS) is 13.7. The van der Waals surface area contributed by atoms with E-state index in [-0.39, 0.29) is 24.8 Å². The van der Waals surface area contributed by atoms with Gasteiger partial charge in [0.05, 0.1) is 12.3 Å². The number of halogens is 2. The topological polar surface area (TPSA) is 95.5 Å². The van der Waals surface area contributed by atoms with Gasteiger partial charge in [-0.1, -0.05) is 65.7 Å². The van der Waals surface area contributed by atoms with Gasteiger partial charge in [0.1, 0.15) is 0 Å². The van der Waals surface area contributed by atoms with Crippen LogP contribution in [0.15, 0.2) is 72.8 Å². The Morgan fingerprint density at radius 3 is 2.21 bits per heavy atom. The van der Waals surface area contributed by atoms with E-state index in [1.54, 1.807) is 30.3 Å². The lowest BCUT2D eigenvalue weighted by molar-refractivity contribution is -0.136. The fourth-order valence-electron chi connectivity index (χ4n) is 4.66. The van der Waals surface area contributed by atoms with Crippen LogP contribution < -0.4 is 10.6 Å². The lowest BCUT2D eigenvalue weighted by atomic mass is 9.88. The van der Waals surface area contributed by atoms with Crippen LogP contribution in [-0.4, -0.2) is 29.4 Å². The van der Waals surface area contributed by atoms with Crippen molar-refractivity contribution >= 4 is 52.2 Å². The maximum absolute atomic E-state index is 13.6. The molecule has 1 atom stereocenters. The van der Waals surface area contributed by atoms with Crippen LogP contribution >= 0.6 is 23.2 Å². The van der Waals surface area contributed by atoms with E-state index in [4.69, 9.17) is 28.3 Å². The summed E-state index contributed by atoms with van der Waals surface area (Å²) < 4.78 is 0. The summed E-state index contributed by atoms with van der Waals surface area (Å²) in [6.07, 6.45) is 7.13. The van der Waals surface area contributed by atoms with Gasteiger partial charge in [0.25, 0.3) is 5.91 Å². The lowest BCUT2D eigenvalue weighted by Crippen LogP contribution is -2.26. The number of carbonyl (C=O) groups excluding carboxylic acids is 2. The van der Waals surface area contributed by atoms with Crippen LogP contribution in [0.2, 0.25) is 10.0 Å². The number of amides is 2. The van der Waals surface area contributed by atoms with Crippen molar-refractivity contribution in [2.45, 2.75) is 44.4 Å². The molecule has 0 saturated carbocycles. The van der Waals surface area contributed by atoms with Crippen LogP contribution in [0, 0.1) is 0 Å². The number of anilines is 1. The number of hydrogen-bond donors (Lipinski definition) is 3. The number of allylic oxidation sites excluding steroid dienone is 2. The molecule has 0 aliphatic heterocycles. The summed E-state index contributed by atoms with van der Waals surface area (Å²) in [7, 11) is 0. The largest absolute Gasteiger partial charge is 0.481 e. The number of aliphatic carboxylic acids is 1. The van der Waals surface area contributed by atoms with Crippen molar-refractivity contribution in [1.82, 2.24) is 5.32 Å². The van der Waals surface area contributed by atoms with Gasteiger partial charge in [-0.2, -0.15) is 0 Å². The summed E-state index contributed by atoms with van der Waals surface area (Å²) in [6, 6.07) is 20.0. The van der Waals surface area contributed by atoms with Crippen LogP contribution in [0.4, 0.5) is 5.69 Å². The second kappa shape index (κ2) is 13.5. The van der Waals surface area contributed by atoms with E-state index in [1.807, 2.05) is 24.3 Å². The molecule has 1 aliphatic carbocycles. The average Bonchev–Trinajstić information content (AvgIpc) is 2.92. The van der Waals surface area contributed by atoms with E-state index < -0.39 is 11.9 Å². The highest BCUT2D eigenvalue weighted by molar-refractivity contribution is 6.35. The summed E-state index contributed by atoms with van der Waals surface area (Å²) in [5.41, 5.74) is 5.21. The lowest BCUT2D eigenvalue weighted by Gasteiger charge is -2.19. The maximum Gasteiger partial charge on any atom is 0.305 e. The Morgan fingerprint density at radius 1 is 0.897 bits per heavy atom. The maximum atomic E-state index is 13.6. The van der Waals surface area contributed by atoms with E-state index in [2.05, 4.69) is 28.8 Å². The molecule has 0 bridgehead atoms. The monoisotopic (exact) mass is 564 g/mol. The van der Waals surface area contributed by atoms with Crippen molar-refractivity contribution in [2.24, 2.45) is 0 Å². The van der Waals surface area contributed by atoms with Crippen LogP contribution in [-0.2, 0) is 16.0 Å². The smallest absolute Gasteiger partial charge is 0.305 e. The van der Waals surface area contributed by atoms with Crippen molar-refractivity contribution in [2.75, 3.05) is 11.9 Å². The third-order valence-electron chi connectivity index (χ3n) is 6.70. The van der Waals surface area contributed by atoms with Crippen molar-refractivity contribution in [3.8, 4) is 0 Å². The quantitative estimate of drug-likeness (QED) is 0.244. The Labute approximate surface area is 238 Å². The van der Waals surface area contributed by atoms with E-state index in [0.29, 0.717) is 27.7 Å². The minimum absolute atomic E-state index is 0.0541. The van der Waals surface area contributed by atoms with Gasteiger partial charge in [0, 0.05) is 27.8 Å². The number of carbonyl (C=O) groups is 3. The van der Waals surface area contributed by atoms with Crippen LogP contribution in [0.5, 0.6) is 0 Å². The third-order valence-corrected chi connectivity index (χ3v) is 7.14. The van der Waals surface area contributed by atoms with Gasteiger partial charge in [-0.25, -0.2) is 0 Å². The molecule has 3 N–H and O–H groups in total. The predicted molar refractivity (Wildman–Crippen MR) is 155 cm³/mol. The van der Waals surface area contributed by atoms with Gasteiger partial charge >= 0.3 is 5.97 Å². The summed E-state index contributed by atoms with van der Waals surface area (Å²) >= 11 is 12.3. The molecular formula is C31H30Cl2N2O4. The molecule has 2 amide bonds. The highest BCUT2D eigenvalue weighted by Gasteiger charge is 2.22. The first-order valence-electron chi connectivity index (χ1n) is 12.9. The van der Waals surface area contributed by atoms with Crippen molar-refractivity contribution in [3.05, 3.63) is 105 Å². The standard InChI is InChI=1S/C31H30Cl2N2O4/c32-25-17-26(33)19-27(18-25)35-31(39)28(23-12-10-22(11-13-23)21-4-2-1-3-5-21)16-20-6-8-24(9-7-20)30(38)34-15-14-29(36)37/h4,6-13,17-19,28H,1-3,5,14-16H2,(H,34,38)(H,35,39)(H,36,37). The zero-order valence-corrected chi connectivity index (χ0v) is 22.9. The minimum Gasteiger partial charge on any atom is -0.481 e. The molecular weight excluding hydrogens is 535 g/mol. The molecule has 4 rings (SSSR count). The third kappa shape index (κ3) is 8.19. The molecule has 39 heavy (non-hydrogen) atoms. The Balaban J connectivity index is 1.54. The predicted octanol–water partition coefficient (Wildman–Crippen LogP) is 7.12. The second-order valence-corrected chi connectivity index (χ2v) is 10.5. The van der Waals surface area contributed by atoms with Gasteiger partial charge in [-0.15, -0.1) is 0 Å². The first kappa shape index (κ1) is 28.4. The molecule has 0 fully saturated rings. The van der Waals surface area contributed by atoms with Crippen LogP contribution in [0.3, 0.4) is 0 Å². The molecule has 3 aromatic carbocycles. The number of carboxylic acid groups (broad SMARTS) is 1. The van der Waals surface area contributed by atoms with E-state index in [1.165, 1.54) is 24.0 Å². The Hall–Kier alpha value is -3.61. The zero-order valence-electron chi connectivity index (χ0n) is 21.4. The van der Waals surface area contributed by atoms with Crippen molar-refractivity contribution in [1.29, 1.82) is 0 Å². The van der Waals surface area contributed by atoms with Gasteiger partial charge in [0.15, 0.2) is 0 Å². The van der Waals surface area contributed by atoms with Crippen molar-refractivity contribution < 1.29 is 19.5 Å². The summed E-state index contributed by atoms with van der Waals surface area (Å²) in [6.45, 7) is 0.0541.